The molecule has 6 nitrogen and oxygen atoms in total. The molecular weight excluding hydrogens is 412 g/mol. The lowest BCUT2D eigenvalue weighted by Crippen LogP contribution is -2.39. The van der Waals surface area contributed by atoms with Gasteiger partial charge >= 0.3 is 0 Å². The van der Waals surface area contributed by atoms with E-state index in [4.69, 9.17) is 10.7 Å². The fourth-order valence-electron chi connectivity index (χ4n) is 4.71. The Labute approximate surface area is 192 Å². The molecule has 0 spiro atoms. The van der Waals surface area contributed by atoms with Gasteiger partial charge in [0.1, 0.15) is 11.2 Å². The number of nitrogens with one attached hydrogen (secondary N) is 2. The lowest BCUT2D eigenvalue weighted by Gasteiger charge is -2.22. The third-order valence-corrected chi connectivity index (χ3v) is 6.62. The van der Waals surface area contributed by atoms with Crippen LogP contribution >= 0.6 is 0 Å². The first-order valence-electron chi connectivity index (χ1n) is 11.3. The molecular formula is C27H26N4O2. The predicted octanol–water partition coefficient (Wildman–Crippen LogP) is 4.46. The standard InChI is InChI=1S/C27H26N4O2/c28-25(33)27(13-4-5-14-27)26-30-22-12-11-20(16-23(22)31-26)19-9-6-10-21(15-19)24(32)29-17-18-7-2-1-3-8-18/h1-3,6-12,15-16H,4-5,13-14,17H2,(H2,28,33)(H,29,32)(H,30,31). The lowest BCUT2D eigenvalue weighted by atomic mass is 9.84. The smallest absolute Gasteiger partial charge is 0.251 e. The van der Waals surface area contributed by atoms with E-state index >= 15 is 0 Å². The number of fused-ring (bicyclic) bond motifs is 1. The fourth-order valence-corrected chi connectivity index (χ4v) is 4.71. The van der Waals surface area contributed by atoms with Crippen molar-refractivity contribution < 1.29 is 9.59 Å². The van der Waals surface area contributed by atoms with Crippen LogP contribution in [-0.2, 0) is 16.8 Å². The van der Waals surface area contributed by atoms with Gasteiger partial charge in [-0.15, -0.1) is 0 Å². The Morgan fingerprint density at radius 3 is 2.45 bits per heavy atom. The highest BCUT2D eigenvalue weighted by Crippen LogP contribution is 2.40. The van der Waals surface area contributed by atoms with Gasteiger partial charge in [0.05, 0.1) is 11.0 Å². The monoisotopic (exact) mass is 438 g/mol. The average Bonchev–Trinajstić information content (AvgIpc) is 3.51. The molecule has 1 saturated carbocycles. The zero-order valence-electron chi connectivity index (χ0n) is 18.3. The van der Waals surface area contributed by atoms with E-state index in [0.29, 0.717) is 17.9 Å². The van der Waals surface area contributed by atoms with Crippen LogP contribution in [0, 0.1) is 0 Å². The molecule has 1 aliphatic carbocycles. The molecule has 1 aromatic heterocycles. The van der Waals surface area contributed by atoms with Crippen molar-refractivity contribution in [2.75, 3.05) is 0 Å². The number of imidazole rings is 1. The number of amides is 2. The highest BCUT2D eigenvalue weighted by Gasteiger charge is 2.43. The van der Waals surface area contributed by atoms with Crippen LogP contribution in [0.1, 0.15) is 47.4 Å². The summed E-state index contributed by atoms with van der Waals surface area (Å²) in [5, 5.41) is 2.97. The summed E-state index contributed by atoms with van der Waals surface area (Å²) in [6, 6.07) is 23.3. The van der Waals surface area contributed by atoms with Gasteiger partial charge < -0.3 is 16.0 Å². The number of nitrogens with two attached hydrogens (primary N) is 1. The SMILES string of the molecule is NC(=O)C1(c2nc3ccc(-c4cccc(C(=O)NCc5ccccc5)c4)cc3[nH]2)CCCC1. The van der Waals surface area contributed by atoms with Crippen LogP contribution in [0.2, 0.25) is 0 Å². The second-order valence-electron chi connectivity index (χ2n) is 8.72. The number of aromatic amines is 1. The molecule has 1 aliphatic rings. The summed E-state index contributed by atoms with van der Waals surface area (Å²) in [4.78, 5) is 33.0. The summed E-state index contributed by atoms with van der Waals surface area (Å²) in [6.07, 6.45) is 3.42. The van der Waals surface area contributed by atoms with Gasteiger partial charge in [-0.05, 0) is 53.8 Å². The van der Waals surface area contributed by atoms with Gasteiger partial charge in [0.25, 0.3) is 5.91 Å². The van der Waals surface area contributed by atoms with E-state index in [1.54, 1.807) is 0 Å². The average molecular weight is 439 g/mol. The Kier molecular flexibility index (Phi) is 5.42. The first kappa shape index (κ1) is 20.9. The Balaban J connectivity index is 1.40. The van der Waals surface area contributed by atoms with Crippen LogP contribution in [0.4, 0.5) is 0 Å². The maximum Gasteiger partial charge on any atom is 0.251 e. The van der Waals surface area contributed by atoms with Gasteiger partial charge in [-0.2, -0.15) is 0 Å². The van der Waals surface area contributed by atoms with Gasteiger partial charge in [0.2, 0.25) is 5.91 Å². The maximum atomic E-state index is 12.7. The van der Waals surface area contributed by atoms with E-state index in [1.165, 1.54) is 0 Å². The van der Waals surface area contributed by atoms with Gasteiger partial charge in [-0.1, -0.05) is 61.4 Å². The number of rotatable bonds is 6. The molecule has 2 amide bonds. The van der Waals surface area contributed by atoms with Crippen molar-refractivity contribution in [2.45, 2.75) is 37.6 Å². The topological polar surface area (TPSA) is 101 Å². The number of carbonyl (C=O) groups excluding carboxylic acids is 2. The molecule has 0 radical (unpaired) electrons. The summed E-state index contributed by atoms with van der Waals surface area (Å²) in [7, 11) is 0. The molecule has 166 valence electrons. The van der Waals surface area contributed by atoms with Crippen LogP contribution in [0.25, 0.3) is 22.2 Å². The van der Waals surface area contributed by atoms with Crippen molar-refractivity contribution in [3.63, 3.8) is 0 Å². The number of hydrogen-bond acceptors (Lipinski definition) is 3. The Bertz CT molecular complexity index is 1320. The Morgan fingerprint density at radius 1 is 0.939 bits per heavy atom. The summed E-state index contributed by atoms with van der Waals surface area (Å²) >= 11 is 0. The molecule has 4 N–H and O–H groups in total. The largest absolute Gasteiger partial charge is 0.369 e. The zero-order chi connectivity index (χ0) is 22.8. The quantitative estimate of drug-likeness (QED) is 0.414. The number of nitrogens with zero attached hydrogens (tertiary/aromatic N) is 1. The van der Waals surface area contributed by atoms with Crippen LogP contribution in [0.15, 0.2) is 72.8 Å². The van der Waals surface area contributed by atoms with Crippen LogP contribution in [0.5, 0.6) is 0 Å². The molecule has 0 atom stereocenters. The molecule has 5 rings (SSSR count). The summed E-state index contributed by atoms with van der Waals surface area (Å²) in [6.45, 7) is 0.481. The molecule has 33 heavy (non-hydrogen) atoms. The van der Waals surface area contributed by atoms with Gasteiger partial charge in [0, 0.05) is 12.1 Å². The minimum atomic E-state index is -0.698. The van der Waals surface area contributed by atoms with Crippen molar-refractivity contribution in [3.05, 3.63) is 89.7 Å². The molecule has 0 saturated heterocycles. The van der Waals surface area contributed by atoms with Crippen molar-refractivity contribution in [2.24, 2.45) is 5.73 Å². The first-order chi connectivity index (χ1) is 16.0. The number of carbonyl (C=O) groups is 2. The predicted molar refractivity (Wildman–Crippen MR) is 128 cm³/mol. The van der Waals surface area contributed by atoms with Crippen molar-refractivity contribution in [1.29, 1.82) is 0 Å². The lowest BCUT2D eigenvalue weighted by molar-refractivity contribution is -0.123. The van der Waals surface area contributed by atoms with Crippen LogP contribution in [-0.4, -0.2) is 21.8 Å². The second-order valence-corrected chi connectivity index (χ2v) is 8.72. The summed E-state index contributed by atoms with van der Waals surface area (Å²) in [5.41, 5.74) is 10.3. The number of primary amides is 1. The molecule has 0 aliphatic heterocycles. The number of H-pyrrole nitrogens is 1. The number of aromatic nitrogens is 2. The van der Waals surface area contributed by atoms with Crippen molar-refractivity contribution in [1.82, 2.24) is 15.3 Å². The zero-order valence-corrected chi connectivity index (χ0v) is 18.3. The highest BCUT2D eigenvalue weighted by molar-refractivity contribution is 5.96. The molecule has 0 unspecified atom stereocenters. The second kappa shape index (κ2) is 8.54. The molecule has 3 aromatic carbocycles. The van der Waals surface area contributed by atoms with Gasteiger partial charge in [-0.3, -0.25) is 9.59 Å². The normalized spacial score (nSPS) is 14.9. The van der Waals surface area contributed by atoms with Crippen LogP contribution < -0.4 is 11.1 Å². The third kappa shape index (κ3) is 4.00. The van der Waals surface area contributed by atoms with E-state index in [-0.39, 0.29) is 11.8 Å². The molecule has 1 heterocycles. The highest BCUT2D eigenvalue weighted by atomic mass is 16.2. The molecule has 4 aromatic rings. The van der Waals surface area contributed by atoms with E-state index < -0.39 is 5.41 Å². The van der Waals surface area contributed by atoms with E-state index in [9.17, 15) is 9.59 Å². The molecule has 0 bridgehead atoms. The fraction of sp³-hybridized carbons (Fsp3) is 0.222. The minimum Gasteiger partial charge on any atom is -0.369 e. The Hall–Kier alpha value is -3.93. The van der Waals surface area contributed by atoms with Crippen molar-refractivity contribution >= 4 is 22.8 Å². The first-order valence-corrected chi connectivity index (χ1v) is 11.3. The third-order valence-electron chi connectivity index (χ3n) is 6.62. The van der Waals surface area contributed by atoms with E-state index in [0.717, 1.165) is 53.4 Å². The minimum absolute atomic E-state index is 0.116. The van der Waals surface area contributed by atoms with Crippen LogP contribution in [0.3, 0.4) is 0 Å². The Morgan fingerprint density at radius 2 is 1.70 bits per heavy atom. The molecule has 1 fully saturated rings. The summed E-state index contributed by atoms with van der Waals surface area (Å²) < 4.78 is 0. The van der Waals surface area contributed by atoms with Gasteiger partial charge in [0.15, 0.2) is 0 Å². The maximum absolute atomic E-state index is 12.7. The summed E-state index contributed by atoms with van der Waals surface area (Å²) in [5.74, 6) is 0.234. The van der Waals surface area contributed by atoms with Crippen molar-refractivity contribution in [3.8, 4) is 11.1 Å². The van der Waals surface area contributed by atoms with E-state index in [2.05, 4.69) is 10.3 Å². The molecule has 6 heteroatoms. The number of benzene rings is 3. The van der Waals surface area contributed by atoms with Gasteiger partial charge in [-0.25, -0.2) is 4.98 Å². The van der Waals surface area contributed by atoms with E-state index in [1.807, 2.05) is 72.8 Å². The number of hydrogen-bond donors (Lipinski definition) is 3.